The molecule has 1 saturated heterocycles. The van der Waals surface area contributed by atoms with Gasteiger partial charge in [0.15, 0.2) is 23.0 Å². The van der Waals surface area contributed by atoms with Crippen LogP contribution < -0.4 is 25.0 Å². The predicted octanol–water partition coefficient (Wildman–Crippen LogP) is 4.92. The molecule has 2 aliphatic carbocycles. The Morgan fingerprint density at radius 3 is 2.12 bits per heavy atom. The van der Waals surface area contributed by atoms with Crippen molar-refractivity contribution in [3.05, 3.63) is 69.4 Å². The van der Waals surface area contributed by atoms with Crippen molar-refractivity contribution < 1.29 is 38.9 Å². The van der Waals surface area contributed by atoms with Crippen molar-refractivity contribution in [2.45, 2.75) is 51.5 Å². The van der Waals surface area contributed by atoms with Gasteiger partial charge in [-0.2, -0.15) is 0 Å². The molecule has 288 valence electrons. The number of benzene rings is 2. The largest absolute Gasteiger partial charge is 0.503 e. The lowest BCUT2D eigenvalue weighted by molar-refractivity contribution is 0.0801. The molecular formula is C41H41N7O8. The highest BCUT2D eigenvalue weighted by Crippen LogP contribution is 2.68. The number of nitrogens with one attached hydrogen (secondary N) is 3. The molecule has 3 amide bonds. The highest BCUT2D eigenvalue weighted by Gasteiger charge is 2.68. The number of likely N-dealkylation sites (tertiary alicyclic amines) is 1. The van der Waals surface area contributed by atoms with Crippen LogP contribution in [0.15, 0.2) is 30.1 Å². The summed E-state index contributed by atoms with van der Waals surface area (Å²) in [5.41, 5.74) is 12.3. The number of nitrogens with zero attached hydrogens (tertiary/aromatic N) is 3. The van der Waals surface area contributed by atoms with Crippen LogP contribution in [0.5, 0.6) is 23.0 Å². The SMILES string of the molecule is COc1c(O)c2c(c3cc(C(=O)N4CCc5c4c(O)c(OC)c4[nH]c(C(=O)C(C(C)C)N6CC7CC78C6=CC(=O)c6[nH]cc(C)c68)cc54)[nH]c13)CCN2C(N)=O. The maximum absolute atomic E-state index is 14.7. The van der Waals surface area contributed by atoms with E-state index < -0.39 is 18.0 Å². The molecule has 0 radical (unpaired) electrons. The Balaban J connectivity index is 1.02. The molecule has 0 bridgehead atoms. The van der Waals surface area contributed by atoms with Gasteiger partial charge in [0.2, 0.25) is 11.6 Å². The number of methoxy groups -OCH3 is 2. The molecule has 3 unspecified atom stereocenters. The van der Waals surface area contributed by atoms with Gasteiger partial charge >= 0.3 is 6.03 Å². The summed E-state index contributed by atoms with van der Waals surface area (Å²) in [7, 11) is 2.81. The predicted molar refractivity (Wildman–Crippen MR) is 206 cm³/mol. The molecule has 7 N–H and O–H groups in total. The second-order valence-electron chi connectivity index (χ2n) is 16.0. The minimum absolute atomic E-state index is 0.0695. The normalized spacial score (nSPS) is 21.0. The number of fused-ring (bicyclic) bond motifs is 7. The number of urea groups is 1. The van der Waals surface area contributed by atoms with E-state index in [1.54, 1.807) is 18.2 Å². The molecule has 15 heteroatoms. The van der Waals surface area contributed by atoms with Crippen molar-refractivity contribution in [3.8, 4) is 23.0 Å². The number of carbonyl (C=O) groups is 4. The number of aromatic nitrogens is 3. The van der Waals surface area contributed by atoms with Crippen LogP contribution in [-0.2, 0) is 18.3 Å². The Morgan fingerprint density at radius 2 is 1.52 bits per heavy atom. The summed E-state index contributed by atoms with van der Waals surface area (Å²) in [6.07, 6.45) is 5.36. The molecule has 1 spiro atoms. The Bertz CT molecular complexity index is 2680. The van der Waals surface area contributed by atoms with Crippen LogP contribution in [0.25, 0.3) is 21.8 Å². The average molecular weight is 760 g/mol. The zero-order chi connectivity index (χ0) is 39.3. The number of allylic oxidation sites excluding steroid dienone is 2. The van der Waals surface area contributed by atoms with E-state index in [-0.39, 0.29) is 76.1 Å². The van der Waals surface area contributed by atoms with E-state index in [0.29, 0.717) is 69.6 Å². The number of Topliss-reactive ketones (excluding diaryl/α,β-unsaturated/α-hetero) is 1. The third-order valence-corrected chi connectivity index (χ3v) is 12.9. The number of aromatic amines is 3. The molecule has 15 nitrogen and oxygen atoms in total. The molecular weight excluding hydrogens is 718 g/mol. The van der Waals surface area contributed by atoms with Crippen LogP contribution in [0.4, 0.5) is 16.2 Å². The molecule has 2 fully saturated rings. The minimum Gasteiger partial charge on any atom is -0.503 e. The third-order valence-electron chi connectivity index (χ3n) is 12.9. The van der Waals surface area contributed by atoms with E-state index >= 15 is 0 Å². The van der Waals surface area contributed by atoms with Crippen LogP contribution in [0.3, 0.4) is 0 Å². The number of primary amides is 1. The van der Waals surface area contributed by atoms with Crippen LogP contribution in [0.2, 0.25) is 0 Å². The molecule has 3 aromatic heterocycles. The summed E-state index contributed by atoms with van der Waals surface area (Å²) in [5.74, 6) is -0.775. The van der Waals surface area contributed by atoms with Crippen LogP contribution in [0.1, 0.15) is 74.0 Å². The van der Waals surface area contributed by atoms with Gasteiger partial charge in [-0.3, -0.25) is 19.3 Å². The molecule has 3 aliphatic heterocycles. The number of hydrogen-bond acceptors (Lipinski definition) is 9. The number of aryl methyl sites for hydroxylation is 1. The molecule has 56 heavy (non-hydrogen) atoms. The average Bonchev–Trinajstić information content (AvgIpc) is 3.89. The number of phenolic OH excluding ortho intramolecular Hbond substituents is 2. The van der Waals surface area contributed by atoms with Gasteiger partial charge in [0.1, 0.15) is 5.69 Å². The van der Waals surface area contributed by atoms with Gasteiger partial charge in [-0.05, 0) is 72.4 Å². The Kier molecular flexibility index (Phi) is 6.91. The standard InChI is InChI=1S/C41H41N7O8/c1-16(2)31(48-15-18-13-41(18)26(48)12-25(49)30-27(41)17(3)14-43-30)34(50)23-10-21-19-6-8-46(32(19)35(51)37(55-4)28(21)44-23)39(53)24-11-22-20-7-9-47(40(42)54)33(20)36(52)38(56-5)29(22)45-24/h10-12,14,16,18,31,43-45,51-52H,6-9,13,15H2,1-5H3,(H2,42,54). The van der Waals surface area contributed by atoms with Gasteiger partial charge in [0.05, 0.1) is 54.1 Å². The molecule has 1 saturated carbocycles. The van der Waals surface area contributed by atoms with Crippen molar-refractivity contribution in [2.24, 2.45) is 17.6 Å². The summed E-state index contributed by atoms with van der Waals surface area (Å²) < 4.78 is 11.3. The van der Waals surface area contributed by atoms with Crippen molar-refractivity contribution in [2.75, 3.05) is 43.7 Å². The fraction of sp³-hybridized carbons (Fsp3) is 0.366. The van der Waals surface area contributed by atoms with Crippen LogP contribution >= 0.6 is 0 Å². The van der Waals surface area contributed by atoms with E-state index in [2.05, 4.69) is 19.9 Å². The van der Waals surface area contributed by atoms with E-state index in [4.69, 9.17) is 15.2 Å². The van der Waals surface area contributed by atoms with E-state index in [1.165, 1.54) is 24.0 Å². The quantitative estimate of drug-likeness (QED) is 0.124. The number of carbonyl (C=O) groups excluding carboxylic acids is 4. The zero-order valence-corrected chi connectivity index (χ0v) is 31.5. The molecule has 5 aliphatic rings. The number of anilines is 2. The van der Waals surface area contributed by atoms with Crippen LogP contribution in [0, 0.1) is 18.8 Å². The fourth-order valence-electron chi connectivity index (χ4n) is 10.5. The number of hydrogen-bond donors (Lipinski definition) is 6. The lowest BCUT2D eigenvalue weighted by Gasteiger charge is -2.37. The second-order valence-corrected chi connectivity index (χ2v) is 16.0. The number of piperidine rings is 1. The van der Waals surface area contributed by atoms with Gasteiger partial charge in [0, 0.05) is 53.8 Å². The van der Waals surface area contributed by atoms with E-state index in [1.807, 2.05) is 27.0 Å². The van der Waals surface area contributed by atoms with Gasteiger partial charge < -0.3 is 50.2 Å². The second kappa shape index (κ2) is 11.3. The summed E-state index contributed by atoms with van der Waals surface area (Å²) in [4.78, 5) is 69.0. The van der Waals surface area contributed by atoms with Crippen LogP contribution in [-0.4, -0.2) is 93.5 Å². The number of H-pyrrole nitrogens is 3. The number of aromatic hydroxyl groups is 2. The molecule has 5 aromatic rings. The Hall–Kier alpha value is -6.38. The summed E-state index contributed by atoms with van der Waals surface area (Å²) >= 11 is 0. The highest BCUT2D eigenvalue weighted by atomic mass is 16.5. The summed E-state index contributed by atoms with van der Waals surface area (Å²) in [6, 6.07) is 2.17. The number of ketones is 2. The number of rotatable bonds is 7. The number of phenols is 2. The Morgan fingerprint density at radius 1 is 0.929 bits per heavy atom. The van der Waals surface area contributed by atoms with Gasteiger partial charge in [-0.15, -0.1) is 0 Å². The molecule has 3 atom stereocenters. The third kappa shape index (κ3) is 4.17. The smallest absolute Gasteiger partial charge is 0.319 e. The van der Waals surface area contributed by atoms with Crippen molar-refractivity contribution >= 4 is 56.7 Å². The first-order valence-corrected chi connectivity index (χ1v) is 18.9. The van der Waals surface area contributed by atoms with Crippen molar-refractivity contribution in [3.63, 3.8) is 0 Å². The van der Waals surface area contributed by atoms with Gasteiger partial charge in [-0.25, -0.2) is 4.79 Å². The topological polar surface area (TPSA) is 210 Å². The van der Waals surface area contributed by atoms with E-state index in [9.17, 15) is 29.4 Å². The number of nitrogens with two attached hydrogens (primary N) is 1. The molecule has 10 rings (SSSR count). The zero-order valence-electron chi connectivity index (χ0n) is 31.5. The van der Waals surface area contributed by atoms with Crippen molar-refractivity contribution in [1.29, 1.82) is 0 Å². The first-order valence-electron chi connectivity index (χ1n) is 18.9. The number of ether oxygens (including phenoxy) is 2. The van der Waals surface area contributed by atoms with E-state index in [0.717, 1.165) is 23.2 Å². The first kappa shape index (κ1) is 34.1. The number of amides is 3. The maximum atomic E-state index is 14.7. The summed E-state index contributed by atoms with van der Waals surface area (Å²) in [5, 5.41) is 24.1. The fourth-order valence-corrected chi connectivity index (χ4v) is 10.5. The van der Waals surface area contributed by atoms with Gasteiger partial charge in [0.25, 0.3) is 5.91 Å². The monoisotopic (exact) mass is 759 g/mol. The minimum atomic E-state index is -0.712. The van der Waals surface area contributed by atoms with Crippen molar-refractivity contribution in [1.82, 2.24) is 19.9 Å². The lowest BCUT2D eigenvalue weighted by atomic mass is 9.82. The maximum Gasteiger partial charge on any atom is 0.319 e. The first-order chi connectivity index (χ1) is 26.8. The molecule has 2 aromatic carbocycles. The molecule has 6 heterocycles. The lowest BCUT2D eigenvalue weighted by Crippen LogP contribution is -2.45. The Labute approximate surface area is 320 Å². The highest BCUT2D eigenvalue weighted by molar-refractivity contribution is 6.15. The van der Waals surface area contributed by atoms with Gasteiger partial charge in [-0.1, -0.05) is 13.8 Å². The summed E-state index contributed by atoms with van der Waals surface area (Å²) in [6.45, 7) is 7.21.